The molecule has 3 aromatic rings. The molecule has 1 aliphatic heterocycles. The summed E-state index contributed by atoms with van der Waals surface area (Å²) in [7, 11) is 0. The second-order valence-electron chi connectivity index (χ2n) is 9.56. The van der Waals surface area contributed by atoms with E-state index >= 15 is 0 Å². The number of aryl methyl sites for hydroxylation is 2. The molecule has 0 N–H and O–H groups in total. The van der Waals surface area contributed by atoms with Crippen LogP contribution < -0.4 is 14.4 Å². The molecule has 6 heteroatoms. The largest absolute Gasteiger partial charge is 0.477 e. The molecule has 1 aromatic heterocycles. The maximum absolute atomic E-state index is 14.2. The number of hydrogen-bond donors (Lipinski definition) is 0. The third-order valence-corrected chi connectivity index (χ3v) is 6.72. The molecular formula is C29H32N2O4. The van der Waals surface area contributed by atoms with Crippen LogP contribution in [0.1, 0.15) is 53.8 Å². The van der Waals surface area contributed by atoms with Crippen molar-refractivity contribution < 1.29 is 19.1 Å². The molecule has 1 aliphatic rings. The number of fused-ring (bicyclic) bond motifs is 1. The molecule has 0 fully saturated rings. The van der Waals surface area contributed by atoms with Crippen molar-refractivity contribution in [2.75, 3.05) is 4.90 Å². The lowest BCUT2D eigenvalue weighted by Gasteiger charge is -2.39. The average molecular weight is 473 g/mol. The summed E-state index contributed by atoms with van der Waals surface area (Å²) in [5.74, 6) is 1.32. The Morgan fingerprint density at radius 2 is 1.69 bits per heavy atom. The SMILES string of the molecule is CC(=O)Oc1c(C)c(C)c2c(c1C)CCC(C)(C(=O)N(c1ccccc1)c1cc(C)cc(C)n1)O2. The van der Waals surface area contributed by atoms with Crippen molar-refractivity contribution in [1.82, 2.24) is 4.98 Å². The Morgan fingerprint density at radius 1 is 1.00 bits per heavy atom. The van der Waals surface area contributed by atoms with Gasteiger partial charge in [-0.3, -0.25) is 14.5 Å². The molecule has 0 radical (unpaired) electrons. The summed E-state index contributed by atoms with van der Waals surface area (Å²) in [5.41, 5.74) is 5.07. The molecule has 1 amide bonds. The highest BCUT2D eigenvalue weighted by Crippen LogP contribution is 2.45. The molecular weight excluding hydrogens is 440 g/mol. The number of para-hydroxylation sites is 1. The Labute approximate surface area is 206 Å². The minimum Gasteiger partial charge on any atom is -0.477 e. The van der Waals surface area contributed by atoms with Crippen LogP contribution in [0.15, 0.2) is 42.5 Å². The number of hydrogen-bond acceptors (Lipinski definition) is 5. The Kier molecular flexibility index (Phi) is 6.41. The lowest BCUT2D eigenvalue weighted by Crippen LogP contribution is -2.51. The monoisotopic (exact) mass is 472 g/mol. The summed E-state index contributed by atoms with van der Waals surface area (Å²) < 4.78 is 12.1. The number of rotatable bonds is 4. The third kappa shape index (κ3) is 4.53. The van der Waals surface area contributed by atoms with Crippen molar-refractivity contribution in [1.29, 1.82) is 0 Å². The maximum Gasteiger partial charge on any atom is 0.308 e. The molecule has 4 rings (SSSR count). The van der Waals surface area contributed by atoms with Gasteiger partial charge in [-0.05, 0) is 94.5 Å². The van der Waals surface area contributed by atoms with Crippen LogP contribution in [0.2, 0.25) is 0 Å². The summed E-state index contributed by atoms with van der Waals surface area (Å²) in [5, 5.41) is 0. The fraction of sp³-hybridized carbons (Fsp3) is 0.345. The van der Waals surface area contributed by atoms with Crippen LogP contribution >= 0.6 is 0 Å². The first-order valence-corrected chi connectivity index (χ1v) is 11.9. The van der Waals surface area contributed by atoms with E-state index in [1.807, 2.05) is 84.0 Å². The van der Waals surface area contributed by atoms with Crippen molar-refractivity contribution >= 4 is 23.4 Å². The molecule has 0 aliphatic carbocycles. The normalized spacial score (nSPS) is 16.8. The van der Waals surface area contributed by atoms with Crippen LogP contribution in [-0.2, 0) is 16.0 Å². The highest BCUT2D eigenvalue weighted by atomic mass is 16.5. The van der Waals surface area contributed by atoms with E-state index in [1.54, 1.807) is 4.90 Å². The number of anilines is 2. The number of esters is 1. The van der Waals surface area contributed by atoms with Crippen molar-refractivity contribution in [3.05, 3.63) is 76.0 Å². The first-order valence-electron chi connectivity index (χ1n) is 11.9. The van der Waals surface area contributed by atoms with Gasteiger partial charge in [0.2, 0.25) is 0 Å². The second-order valence-corrected chi connectivity index (χ2v) is 9.56. The van der Waals surface area contributed by atoms with E-state index in [9.17, 15) is 9.59 Å². The molecule has 1 unspecified atom stereocenters. The first-order chi connectivity index (χ1) is 16.5. The minimum atomic E-state index is -1.10. The topological polar surface area (TPSA) is 68.7 Å². The Bertz CT molecular complexity index is 1300. The van der Waals surface area contributed by atoms with Gasteiger partial charge < -0.3 is 9.47 Å². The summed E-state index contributed by atoms with van der Waals surface area (Å²) in [4.78, 5) is 32.3. The van der Waals surface area contributed by atoms with Gasteiger partial charge in [-0.2, -0.15) is 0 Å². The molecule has 0 spiro atoms. The van der Waals surface area contributed by atoms with Gasteiger partial charge in [-0.1, -0.05) is 18.2 Å². The molecule has 182 valence electrons. The summed E-state index contributed by atoms with van der Waals surface area (Å²) in [6.07, 6.45) is 1.11. The Morgan fingerprint density at radius 3 is 2.31 bits per heavy atom. The smallest absolute Gasteiger partial charge is 0.308 e. The molecule has 0 saturated heterocycles. The predicted octanol–water partition coefficient (Wildman–Crippen LogP) is 6.00. The van der Waals surface area contributed by atoms with E-state index in [4.69, 9.17) is 9.47 Å². The highest BCUT2D eigenvalue weighted by Gasteiger charge is 2.44. The lowest BCUT2D eigenvalue weighted by molar-refractivity contribution is -0.133. The average Bonchev–Trinajstić information content (AvgIpc) is 2.80. The Balaban J connectivity index is 1.79. The second kappa shape index (κ2) is 9.17. The zero-order chi connectivity index (χ0) is 25.5. The van der Waals surface area contributed by atoms with Gasteiger partial charge in [-0.15, -0.1) is 0 Å². The van der Waals surface area contributed by atoms with Crippen molar-refractivity contribution in [3.63, 3.8) is 0 Å². The summed E-state index contributed by atoms with van der Waals surface area (Å²) in [6.45, 7) is 13.0. The highest BCUT2D eigenvalue weighted by molar-refractivity contribution is 6.05. The molecule has 1 atom stereocenters. The van der Waals surface area contributed by atoms with Gasteiger partial charge in [0.15, 0.2) is 5.60 Å². The third-order valence-electron chi connectivity index (χ3n) is 6.72. The van der Waals surface area contributed by atoms with Gasteiger partial charge in [0.25, 0.3) is 5.91 Å². The van der Waals surface area contributed by atoms with Crippen LogP contribution in [0.25, 0.3) is 0 Å². The summed E-state index contributed by atoms with van der Waals surface area (Å²) >= 11 is 0. The number of ether oxygens (including phenoxy) is 2. The number of carbonyl (C=O) groups excluding carboxylic acids is 2. The first kappa shape index (κ1) is 24.5. The standard InChI is InChI=1S/C29H32N2O4/c1-17-15-18(2)30-25(16-17)31(23-11-9-8-10-12-23)28(33)29(7)14-13-24-21(5)26(34-22(6)32)19(3)20(4)27(24)35-29/h8-12,15-16H,13-14H2,1-7H3. The van der Waals surface area contributed by atoms with Crippen LogP contribution in [-0.4, -0.2) is 22.5 Å². The van der Waals surface area contributed by atoms with E-state index in [2.05, 4.69) is 4.98 Å². The van der Waals surface area contributed by atoms with E-state index in [0.29, 0.717) is 30.2 Å². The zero-order valence-corrected chi connectivity index (χ0v) is 21.5. The van der Waals surface area contributed by atoms with E-state index in [-0.39, 0.29) is 11.9 Å². The van der Waals surface area contributed by atoms with Crippen LogP contribution in [0.5, 0.6) is 11.5 Å². The van der Waals surface area contributed by atoms with Crippen molar-refractivity contribution in [3.8, 4) is 11.5 Å². The zero-order valence-electron chi connectivity index (χ0n) is 21.5. The predicted molar refractivity (Wildman–Crippen MR) is 137 cm³/mol. The number of amides is 1. The van der Waals surface area contributed by atoms with Crippen molar-refractivity contribution in [2.24, 2.45) is 0 Å². The van der Waals surface area contributed by atoms with Crippen molar-refractivity contribution in [2.45, 2.75) is 66.9 Å². The van der Waals surface area contributed by atoms with Gasteiger partial charge in [0.05, 0.1) is 5.69 Å². The number of aromatic nitrogens is 1. The summed E-state index contributed by atoms with van der Waals surface area (Å²) in [6, 6.07) is 13.5. The van der Waals surface area contributed by atoms with E-state index in [1.165, 1.54) is 6.92 Å². The van der Waals surface area contributed by atoms with E-state index in [0.717, 1.165) is 39.2 Å². The maximum atomic E-state index is 14.2. The number of carbonyl (C=O) groups is 2. The molecule has 0 bridgehead atoms. The van der Waals surface area contributed by atoms with Gasteiger partial charge in [0, 0.05) is 24.6 Å². The van der Waals surface area contributed by atoms with Gasteiger partial charge >= 0.3 is 5.97 Å². The molecule has 2 heterocycles. The number of nitrogens with zero attached hydrogens (tertiary/aromatic N) is 2. The minimum absolute atomic E-state index is 0.175. The molecule has 6 nitrogen and oxygen atoms in total. The Hall–Kier alpha value is -3.67. The van der Waals surface area contributed by atoms with E-state index < -0.39 is 5.60 Å². The fourth-order valence-electron chi connectivity index (χ4n) is 4.78. The van der Waals surface area contributed by atoms with Crippen LogP contribution in [0, 0.1) is 34.6 Å². The van der Waals surface area contributed by atoms with Crippen LogP contribution in [0.3, 0.4) is 0 Å². The molecule has 2 aromatic carbocycles. The quantitative estimate of drug-likeness (QED) is 0.344. The molecule has 0 saturated carbocycles. The lowest BCUT2D eigenvalue weighted by atomic mass is 9.86. The number of benzene rings is 2. The molecule has 35 heavy (non-hydrogen) atoms. The number of pyridine rings is 1. The van der Waals surface area contributed by atoms with Crippen LogP contribution in [0.4, 0.5) is 11.5 Å². The fourth-order valence-corrected chi connectivity index (χ4v) is 4.78. The van der Waals surface area contributed by atoms with Gasteiger partial charge in [-0.25, -0.2) is 4.98 Å². The van der Waals surface area contributed by atoms with Gasteiger partial charge in [0.1, 0.15) is 17.3 Å².